The molecule has 0 unspecified atom stereocenters. The molecule has 0 aliphatic heterocycles. The molecule has 2 aromatic heterocycles. The summed E-state index contributed by atoms with van der Waals surface area (Å²) in [4.78, 5) is 18.3. The van der Waals surface area contributed by atoms with Crippen molar-refractivity contribution >= 4 is 17.2 Å². The Kier molecular flexibility index (Phi) is 3.77. The second kappa shape index (κ2) is 5.31. The molecule has 1 atom stereocenters. The smallest absolute Gasteiger partial charge is 0.252 e. The Morgan fingerprint density at radius 2 is 2.00 bits per heavy atom. The van der Waals surface area contributed by atoms with Crippen LogP contribution in [-0.2, 0) is 0 Å². The van der Waals surface area contributed by atoms with Gasteiger partial charge in [-0.2, -0.15) is 0 Å². The number of rotatable bonds is 3. The van der Waals surface area contributed by atoms with E-state index in [0.29, 0.717) is 0 Å². The minimum absolute atomic E-state index is 0.0128. The topological polar surface area (TPSA) is 42.0 Å². The van der Waals surface area contributed by atoms with Crippen LogP contribution in [0.3, 0.4) is 0 Å². The van der Waals surface area contributed by atoms with E-state index in [1.54, 1.807) is 23.7 Å². The molecule has 0 saturated heterocycles. The van der Waals surface area contributed by atoms with Gasteiger partial charge in [-0.1, -0.05) is 0 Å². The SMILES string of the molecule is Cc1cc(C(=O)N[C@H](C)c2ccncc2)c(C)s1. The molecule has 3 nitrogen and oxygen atoms in total. The molecule has 2 rings (SSSR count). The monoisotopic (exact) mass is 260 g/mol. The Balaban J connectivity index is 2.10. The summed E-state index contributed by atoms with van der Waals surface area (Å²) in [5.74, 6) is -0.0128. The van der Waals surface area contributed by atoms with Crippen LogP contribution in [0.2, 0.25) is 0 Å². The third-order valence-electron chi connectivity index (χ3n) is 2.84. The number of amides is 1. The van der Waals surface area contributed by atoms with Gasteiger partial charge in [0.15, 0.2) is 0 Å². The normalized spacial score (nSPS) is 12.2. The zero-order valence-electron chi connectivity index (χ0n) is 10.7. The zero-order chi connectivity index (χ0) is 13.1. The maximum absolute atomic E-state index is 12.1. The summed E-state index contributed by atoms with van der Waals surface area (Å²) in [7, 11) is 0. The molecule has 4 heteroatoms. The van der Waals surface area contributed by atoms with Gasteiger partial charge in [0.1, 0.15) is 0 Å². The van der Waals surface area contributed by atoms with E-state index < -0.39 is 0 Å². The molecule has 0 aliphatic rings. The predicted molar refractivity (Wildman–Crippen MR) is 73.9 cm³/mol. The van der Waals surface area contributed by atoms with E-state index >= 15 is 0 Å². The number of carbonyl (C=O) groups is 1. The first-order chi connectivity index (χ1) is 8.58. The molecule has 2 aromatic rings. The maximum Gasteiger partial charge on any atom is 0.252 e. The second-order valence-corrected chi connectivity index (χ2v) is 5.76. The quantitative estimate of drug-likeness (QED) is 0.920. The van der Waals surface area contributed by atoms with Crippen LogP contribution in [0, 0.1) is 13.8 Å². The zero-order valence-corrected chi connectivity index (χ0v) is 11.5. The van der Waals surface area contributed by atoms with Gasteiger partial charge in [-0.25, -0.2) is 0 Å². The average molecular weight is 260 g/mol. The van der Waals surface area contributed by atoms with E-state index in [1.807, 2.05) is 39.0 Å². The van der Waals surface area contributed by atoms with E-state index in [-0.39, 0.29) is 11.9 Å². The Labute approximate surface area is 111 Å². The molecule has 0 fully saturated rings. The molecule has 0 spiro atoms. The first-order valence-corrected chi connectivity index (χ1v) is 6.67. The lowest BCUT2D eigenvalue weighted by atomic mass is 10.1. The number of carbonyl (C=O) groups excluding carboxylic acids is 1. The first kappa shape index (κ1) is 12.8. The van der Waals surface area contributed by atoms with Crippen molar-refractivity contribution in [1.29, 1.82) is 0 Å². The summed E-state index contributed by atoms with van der Waals surface area (Å²) in [6, 6.07) is 5.75. The molecule has 18 heavy (non-hydrogen) atoms. The van der Waals surface area contributed by atoms with Crippen molar-refractivity contribution in [2.45, 2.75) is 26.8 Å². The van der Waals surface area contributed by atoms with Crippen molar-refractivity contribution in [2.24, 2.45) is 0 Å². The Bertz CT molecular complexity index is 548. The molecule has 1 amide bonds. The van der Waals surface area contributed by atoms with Gasteiger partial charge < -0.3 is 5.32 Å². The summed E-state index contributed by atoms with van der Waals surface area (Å²) < 4.78 is 0. The van der Waals surface area contributed by atoms with Crippen LogP contribution in [0.5, 0.6) is 0 Å². The number of hydrogen-bond acceptors (Lipinski definition) is 3. The lowest BCUT2D eigenvalue weighted by Crippen LogP contribution is -2.26. The summed E-state index contributed by atoms with van der Waals surface area (Å²) in [6.45, 7) is 5.96. The summed E-state index contributed by atoms with van der Waals surface area (Å²) in [6.07, 6.45) is 3.47. The minimum Gasteiger partial charge on any atom is -0.345 e. The number of nitrogens with one attached hydrogen (secondary N) is 1. The minimum atomic E-state index is -0.0138. The van der Waals surface area contributed by atoms with E-state index in [0.717, 1.165) is 20.9 Å². The number of thiophene rings is 1. The summed E-state index contributed by atoms with van der Waals surface area (Å²) in [5.41, 5.74) is 1.83. The van der Waals surface area contributed by atoms with Crippen LogP contribution < -0.4 is 5.32 Å². The van der Waals surface area contributed by atoms with Gasteiger partial charge in [0.05, 0.1) is 11.6 Å². The van der Waals surface area contributed by atoms with Gasteiger partial charge >= 0.3 is 0 Å². The van der Waals surface area contributed by atoms with E-state index in [2.05, 4.69) is 10.3 Å². The van der Waals surface area contributed by atoms with Gasteiger partial charge in [-0.3, -0.25) is 9.78 Å². The standard InChI is InChI=1S/C14H16N2OS/c1-9-8-13(11(3)18-9)14(17)16-10(2)12-4-6-15-7-5-12/h4-8,10H,1-3H3,(H,16,17)/t10-/m1/s1. The predicted octanol–water partition coefficient (Wildman–Crippen LogP) is 3.25. The molecule has 0 bridgehead atoms. The second-order valence-electron chi connectivity index (χ2n) is 4.30. The molecular weight excluding hydrogens is 244 g/mol. The van der Waals surface area contributed by atoms with Crippen molar-refractivity contribution in [3.63, 3.8) is 0 Å². The van der Waals surface area contributed by atoms with E-state index in [1.165, 1.54) is 0 Å². The van der Waals surface area contributed by atoms with Crippen molar-refractivity contribution in [3.8, 4) is 0 Å². The number of hydrogen-bond donors (Lipinski definition) is 1. The van der Waals surface area contributed by atoms with E-state index in [9.17, 15) is 4.79 Å². The Morgan fingerprint density at radius 1 is 1.33 bits per heavy atom. The van der Waals surface area contributed by atoms with Crippen LogP contribution in [0.15, 0.2) is 30.6 Å². The van der Waals surface area contributed by atoms with Crippen LogP contribution >= 0.6 is 11.3 Å². The molecular formula is C14H16N2OS. The molecule has 1 N–H and O–H groups in total. The van der Waals surface area contributed by atoms with Gasteiger partial charge in [-0.15, -0.1) is 11.3 Å². The Hall–Kier alpha value is -1.68. The highest BCUT2D eigenvalue weighted by atomic mass is 32.1. The van der Waals surface area contributed by atoms with Crippen molar-refractivity contribution in [1.82, 2.24) is 10.3 Å². The Morgan fingerprint density at radius 3 is 2.56 bits per heavy atom. The highest BCUT2D eigenvalue weighted by Crippen LogP contribution is 2.21. The van der Waals surface area contributed by atoms with E-state index in [4.69, 9.17) is 0 Å². The van der Waals surface area contributed by atoms with Gasteiger partial charge in [0.2, 0.25) is 0 Å². The maximum atomic E-state index is 12.1. The van der Waals surface area contributed by atoms with Crippen LogP contribution in [0.25, 0.3) is 0 Å². The fourth-order valence-corrected chi connectivity index (χ4v) is 2.79. The van der Waals surface area contributed by atoms with Crippen LogP contribution in [-0.4, -0.2) is 10.9 Å². The number of pyridine rings is 1. The van der Waals surface area contributed by atoms with Gasteiger partial charge in [0, 0.05) is 22.1 Å². The molecule has 0 saturated carbocycles. The van der Waals surface area contributed by atoms with Crippen molar-refractivity contribution < 1.29 is 4.79 Å². The fraction of sp³-hybridized carbons (Fsp3) is 0.286. The largest absolute Gasteiger partial charge is 0.345 e. The lowest BCUT2D eigenvalue weighted by Gasteiger charge is -2.13. The summed E-state index contributed by atoms with van der Waals surface area (Å²) >= 11 is 1.65. The average Bonchev–Trinajstić information content (AvgIpc) is 2.69. The fourth-order valence-electron chi connectivity index (χ4n) is 1.87. The molecule has 94 valence electrons. The first-order valence-electron chi connectivity index (χ1n) is 5.85. The van der Waals surface area contributed by atoms with Crippen molar-refractivity contribution in [2.75, 3.05) is 0 Å². The molecule has 2 heterocycles. The molecule has 0 aliphatic carbocycles. The van der Waals surface area contributed by atoms with Gasteiger partial charge in [-0.05, 0) is 44.5 Å². The summed E-state index contributed by atoms with van der Waals surface area (Å²) in [5, 5.41) is 3.01. The lowest BCUT2D eigenvalue weighted by molar-refractivity contribution is 0.0939. The van der Waals surface area contributed by atoms with Crippen molar-refractivity contribution in [3.05, 3.63) is 51.5 Å². The number of aryl methyl sites for hydroxylation is 2. The van der Waals surface area contributed by atoms with Crippen LogP contribution in [0.4, 0.5) is 0 Å². The third kappa shape index (κ3) is 2.76. The third-order valence-corrected chi connectivity index (χ3v) is 3.81. The number of nitrogens with zero attached hydrogens (tertiary/aromatic N) is 1. The van der Waals surface area contributed by atoms with Gasteiger partial charge in [0.25, 0.3) is 5.91 Å². The highest BCUT2D eigenvalue weighted by Gasteiger charge is 2.14. The number of aromatic nitrogens is 1. The van der Waals surface area contributed by atoms with Crippen LogP contribution in [0.1, 0.15) is 38.6 Å². The highest BCUT2D eigenvalue weighted by molar-refractivity contribution is 7.12. The molecule has 0 aromatic carbocycles. The molecule has 0 radical (unpaired) electrons.